The van der Waals surface area contributed by atoms with Crippen molar-refractivity contribution in [3.63, 3.8) is 0 Å². The van der Waals surface area contributed by atoms with E-state index in [2.05, 4.69) is 129 Å². The van der Waals surface area contributed by atoms with Crippen LogP contribution in [-0.2, 0) is 18.4 Å². The molecule has 0 rings (SSSR count). The Balaban J connectivity index is 4.23. The Hall–Kier alpha value is -3.10. The quantitative estimate of drug-likeness (QED) is 0.0272. The number of unbranched alkanes of at least 4 members (excludes halogenated alkanes) is 30. The van der Waals surface area contributed by atoms with E-state index in [0.717, 1.165) is 83.5 Å². The first-order valence-electron chi connectivity index (χ1n) is 33.9. The fourth-order valence-electron chi connectivity index (χ4n) is 9.45. The highest BCUT2D eigenvalue weighted by Gasteiger charge is 2.23. The number of allylic oxidation sites excluding steroid dienone is 19. The normalized spacial score (nSPS) is 14.5. The SMILES string of the molecule is CC/C=C\C/C=C\C/C=C\C/C=C\C/C=C\C/C=C\C/C=C\C/C=C\C/C=C\CCCC(=O)NC(COP(=O)([O-])OCC[N+](C)(C)C)C(O)/C=C/CCCCCCCCCCCCCCCCCCCCCCCCCCCCCCC. The second kappa shape index (κ2) is 62.4. The monoisotopic (exact) mass is 1160 g/mol. The number of phosphoric ester groups is 1. The van der Waals surface area contributed by atoms with Gasteiger partial charge >= 0.3 is 0 Å². The molecular formula is C73H129N2O6P. The fraction of sp³-hybridized carbons (Fsp3) is 0.712. The topological polar surface area (TPSA) is 108 Å². The third-order valence-electron chi connectivity index (χ3n) is 14.7. The van der Waals surface area contributed by atoms with Crippen LogP contribution in [0.4, 0.5) is 0 Å². The number of likely N-dealkylation sites (N-methyl/N-ethyl adjacent to an activating group) is 1. The maximum Gasteiger partial charge on any atom is 0.268 e. The Morgan fingerprint density at radius 3 is 1.07 bits per heavy atom. The predicted molar refractivity (Wildman–Crippen MR) is 357 cm³/mol. The number of carbonyl (C=O) groups excluding carboxylic acids is 1. The highest BCUT2D eigenvalue weighted by atomic mass is 31.2. The summed E-state index contributed by atoms with van der Waals surface area (Å²) in [6.45, 7) is 4.51. The number of rotatable bonds is 61. The van der Waals surface area contributed by atoms with Crippen LogP contribution in [0.25, 0.3) is 0 Å². The average Bonchev–Trinajstić information content (AvgIpc) is 3.47. The number of hydrogen-bond acceptors (Lipinski definition) is 6. The van der Waals surface area contributed by atoms with Crippen LogP contribution in [-0.4, -0.2) is 68.5 Å². The molecule has 0 saturated carbocycles. The number of hydrogen-bond donors (Lipinski definition) is 2. The summed E-state index contributed by atoms with van der Waals surface area (Å²) in [6, 6.07) is -0.929. The second-order valence-corrected chi connectivity index (χ2v) is 25.2. The first-order chi connectivity index (χ1) is 40.0. The Labute approximate surface area is 507 Å². The molecule has 472 valence electrons. The molecule has 82 heavy (non-hydrogen) atoms. The van der Waals surface area contributed by atoms with Gasteiger partial charge in [-0.1, -0.05) is 315 Å². The molecule has 9 heteroatoms. The Kier molecular flexibility index (Phi) is 60.1. The molecule has 0 aliphatic heterocycles. The van der Waals surface area contributed by atoms with Crippen molar-refractivity contribution in [2.24, 2.45) is 0 Å². The largest absolute Gasteiger partial charge is 0.756 e. The highest BCUT2D eigenvalue weighted by Crippen LogP contribution is 2.38. The van der Waals surface area contributed by atoms with Gasteiger partial charge in [-0.2, -0.15) is 0 Å². The van der Waals surface area contributed by atoms with Crippen LogP contribution in [0, 0.1) is 0 Å². The molecule has 2 N–H and O–H groups in total. The van der Waals surface area contributed by atoms with E-state index in [-0.39, 0.29) is 18.9 Å². The third-order valence-corrected chi connectivity index (χ3v) is 15.6. The number of quaternary nitrogens is 1. The van der Waals surface area contributed by atoms with Gasteiger partial charge in [-0.05, 0) is 83.5 Å². The average molecular weight is 1160 g/mol. The number of carbonyl (C=O) groups is 1. The van der Waals surface area contributed by atoms with Crippen LogP contribution < -0.4 is 10.2 Å². The van der Waals surface area contributed by atoms with Crippen LogP contribution in [0.3, 0.4) is 0 Å². The van der Waals surface area contributed by atoms with Gasteiger partial charge in [0.1, 0.15) is 13.2 Å². The predicted octanol–water partition coefficient (Wildman–Crippen LogP) is 21.0. The van der Waals surface area contributed by atoms with E-state index in [1.54, 1.807) is 6.08 Å². The molecule has 0 heterocycles. The van der Waals surface area contributed by atoms with E-state index in [9.17, 15) is 19.4 Å². The van der Waals surface area contributed by atoms with Crippen LogP contribution in [0.1, 0.15) is 284 Å². The van der Waals surface area contributed by atoms with Gasteiger partial charge in [0, 0.05) is 6.42 Å². The first kappa shape index (κ1) is 78.9. The molecule has 0 fully saturated rings. The molecule has 0 bridgehead atoms. The molecule has 1 amide bonds. The summed E-state index contributed by atoms with van der Waals surface area (Å²) < 4.78 is 23.4. The van der Waals surface area contributed by atoms with E-state index in [0.29, 0.717) is 17.4 Å². The minimum absolute atomic E-state index is 0.0183. The summed E-state index contributed by atoms with van der Waals surface area (Å²) in [5, 5.41) is 13.9. The van der Waals surface area contributed by atoms with Crippen molar-refractivity contribution in [3.05, 3.63) is 122 Å². The van der Waals surface area contributed by atoms with Crippen LogP contribution in [0.15, 0.2) is 122 Å². The minimum Gasteiger partial charge on any atom is -0.756 e. The van der Waals surface area contributed by atoms with Crippen LogP contribution in [0.5, 0.6) is 0 Å². The van der Waals surface area contributed by atoms with Gasteiger partial charge in [-0.25, -0.2) is 0 Å². The van der Waals surface area contributed by atoms with E-state index < -0.39 is 26.6 Å². The lowest BCUT2D eigenvalue weighted by Crippen LogP contribution is -2.45. The number of amides is 1. The third kappa shape index (κ3) is 64.5. The van der Waals surface area contributed by atoms with Gasteiger partial charge in [0.2, 0.25) is 5.91 Å². The van der Waals surface area contributed by atoms with Gasteiger partial charge in [0.25, 0.3) is 7.82 Å². The van der Waals surface area contributed by atoms with Crippen molar-refractivity contribution in [3.8, 4) is 0 Å². The Morgan fingerprint density at radius 1 is 0.439 bits per heavy atom. The van der Waals surface area contributed by atoms with Gasteiger partial charge in [0.05, 0.1) is 39.9 Å². The first-order valence-corrected chi connectivity index (χ1v) is 35.4. The number of aliphatic hydroxyl groups is 1. The van der Waals surface area contributed by atoms with Crippen molar-refractivity contribution < 1.29 is 32.9 Å². The van der Waals surface area contributed by atoms with Crippen molar-refractivity contribution in [2.75, 3.05) is 40.9 Å². The zero-order chi connectivity index (χ0) is 59.8. The molecule has 0 aromatic carbocycles. The molecule has 0 saturated heterocycles. The molecule has 3 atom stereocenters. The molecule has 0 spiro atoms. The van der Waals surface area contributed by atoms with E-state index in [1.807, 2.05) is 27.2 Å². The molecule has 0 aromatic rings. The van der Waals surface area contributed by atoms with Crippen LogP contribution >= 0.6 is 7.82 Å². The zero-order valence-electron chi connectivity index (χ0n) is 53.9. The molecule has 3 unspecified atom stereocenters. The Bertz CT molecular complexity index is 1750. The molecule has 0 aromatic heterocycles. The van der Waals surface area contributed by atoms with E-state index in [1.165, 1.54) is 173 Å². The maximum absolute atomic E-state index is 13.0. The van der Waals surface area contributed by atoms with E-state index in [4.69, 9.17) is 9.05 Å². The smallest absolute Gasteiger partial charge is 0.268 e. The lowest BCUT2D eigenvalue weighted by Gasteiger charge is -2.29. The maximum atomic E-state index is 13.0. The lowest BCUT2D eigenvalue weighted by atomic mass is 10.0. The van der Waals surface area contributed by atoms with Gasteiger partial charge in [-0.3, -0.25) is 9.36 Å². The standard InChI is InChI=1S/C73H129N2O6P/c1-6-8-10-12-14-16-18-20-22-24-26-28-30-32-34-36-37-39-40-42-44-46-48-50-52-54-56-58-60-62-64-66-72(76)71(70-81-82(78,79)80-69-68-75(3,4)5)74-73(77)67-65-63-61-59-57-55-53-51-49-47-45-43-41-38-35-33-31-29-27-25-23-21-19-17-15-13-11-9-7-2/h9,11,15,17,21,23,27,29,33,35,41,43,47,49,53,55,59,61,64,66,71-72,76H,6-8,10,12-14,16,18-20,22,24-26,28,30-32,34,36-40,42,44-46,48,50-52,54,56-58,60,62-63,65,67-70H2,1-5H3,(H-,74,77,78,79)/b11-9-,17-15-,23-21-,29-27-,35-33-,43-41-,49-47-,55-53-,61-59-,66-64+. The summed E-state index contributed by atoms with van der Waals surface area (Å²) in [4.78, 5) is 25.6. The number of nitrogens with zero attached hydrogens (tertiary/aromatic N) is 1. The summed E-state index contributed by atoms with van der Waals surface area (Å²) in [5.41, 5.74) is 0. The minimum atomic E-state index is -4.63. The van der Waals surface area contributed by atoms with Gasteiger partial charge in [0.15, 0.2) is 0 Å². The molecule has 8 nitrogen and oxygen atoms in total. The molecule has 0 aliphatic rings. The summed E-state index contributed by atoms with van der Waals surface area (Å²) in [6.07, 6.45) is 93.2. The molecule has 0 aliphatic carbocycles. The summed E-state index contributed by atoms with van der Waals surface area (Å²) >= 11 is 0. The highest BCUT2D eigenvalue weighted by molar-refractivity contribution is 7.45. The second-order valence-electron chi connectivity index (χ2n) is 23.8. The molecule has 0 radical (unpaired) electrons. The van der Waals surface area contributed by atoms with Crippen LogP contribution in [0.2, 0.25) is 0 Å². The van der Waals surface area contributed by atoms with E-state index >= 15 is 0 Å². The van der Waals surface area contributed by atoms with Crippen molar-refractivity contribution in [2.45, 2.75) is 296 Å². The fourth-order valence-corrected chi connectivity index (χ4v) is 10.2. The van der Waals surface area contributed by atoms with Crippen molar-refractivity contribution in [1.29, 1.82) is 0 Å². The lowest BCUT2D eigenvalue weighted by molar-refractivity contribution is -0.870. The molecular weight excluding hydrogens is 1030 g/mol. The summed E-state index contributed by atoms with van der Waals surface area (Å²) in [7, 11) is 1.21. The number of aliphatic hydroxyl groups excluding tert-OH is 1. The van der Waals surface area contributed by atoms with Gasteiger partial charge < -0.3 is 28.8 Å². The number of nitrogens with one attached hydrogen (secondary N) is 1. The van der Waals surface area contributed by atoms with Crippen molar-refractivity contribution in [1.82, 2.24) is 5.32 Å². The number of phosphoric acid groups is 1. The van der Waals surface area contributed by atoms with Gasteiger partial charge in [-0.15, -0.1) is 0 Å². The van der Waals surface area contributed by atoms with Crippen molar-refractivity contribution >= 4 is 13.7 Å². The zero-order valence-corrected chi connectivity index (χ0v) is 54.8. The summed E-state index contributed by atoms with van der Waals surface area (Å²) in [5.74, 6) is -0.257. The Morgan fingerprint density at radius 2 is 0.744 bits per heavy atom.